The molecule has 1 N–H and O–H groups in total. The molecule has 1 aromatic carbocycles. The van der Waals surface area contributed by atoms with E-state index in [2.05, 4.69) is 13.0 Å². The molecule has 1 nitrogen and oxygen atoms in total. The van der Waals surface area contributed by atoms with Crippen molar-refractivity contribution in [3.05, 3.63) is 35.4 Å². The minimum Gasteiger partial charge on any atom is -0.278 e. The van der Waals surface area contributed by atoms with E-state index in [0.717, 1.165) is 12.0 Å². The van der Waals surface area contributed by atoms with Gasteiger partial charge in [0.25, 0.3) is 0 Å². The Morgan fingerprint density at radius 3 is 2.82 bits per heavy atom. The topological polar surface area (TPSA) is 21.4 Å². The van der Waals surface area contributed by atoms with Gasteiger partial charge in [0, 0.05) is 0 Å². The predicted molar refractivity (Wildman–Crippen MR) is 45.4 cm³/mol. The van der Waals surface area contributed by atoms with Crippen LogP contribution in [0.2, 0.25) is 0 Å². The molecule has 11 heavy (non-hydrogen) atoms. The van der Waals surface area contributed by atoms with Gasteiger partial charge in [0.15, 0.2) is 0 Å². The second-order valence-corrected chi connectivity index (χ2v) is 3.15. The first-order chi connectivity index (χ1) is 5.29. The largest absolute Gasteiger partial charge is 0.326 e. The van der Waals surface area contributed by atoms with E-state index in [9.17, 15) is 4.79 Å². The maximum Gasteiger partial charge on any atom is 0.326 e. The van der Waals surface area contributed by atoms with Gasteiger partial charge in [-0.25, -0.2) is 0 Å². The molecule has 1 unspecified atom stereocenters. The molecule has 2 rings (SSSR count). The lowest BCUT2D eigenvalue weighted by atomic mass is 10.1. The number of ketones is 1. The Bertz CT molecular complexity index is 301. The molecule has 0 amide bonds. The average Bonchev–Trinajstić information content (AvgIpc) is 2.30. The molecule has 0 spiro atoms. The number of carbonyl (C=O) groups excluding carboxylic acids is 1. The molecule has 0 radical (unpaired) electrons. The number of rotatable bonds is 0. The van der Waals surface area contributed by atoms with Crippen molar-refractivity contribution in [2.45, 2.75) is 13.3 Å². The Labute approximate surface area is 66.0 Å². The lowest BCUT2D eigenvalue weighted by Gasteiger charge is -1.90. The van der Waals surface area contributed by atoms with Gasteiger partial charge < -0.3 is 0 Å². The van der Waals surface area contributed by atoms with Gasteiger partial charge >= 0.3 is 5.78 Å². The summed E-state index contributed by atoms with van der Waals surface area (Å²) in [6, 6.07) is 8.04. The van der Waals surface area contributed by atoms with E-state index in [1.165, 1.54) is 5.56 Å². The summed E-state index contributed by atoms with van der Waals surface area (Å²) in [5.74, 6) is 0.869. The minimum atomic E-state index is 0.312. The molecule has 0 heterocycles. The summed E-state index contributed by atoms with van der Waals surface area (Å²) in [5, 5.41) is 0. The molecule has 0 bridgehead atoms. The minimum absolute atomic E-state index is 0.312. The Kier molecular flexibility index (Phi) is 1.31. The van der Waals surface area contributed by atoms with Gasteiger partial charge in [-0.2, -0.15) is 0 Å². The first-order valence-corrected chi connectivity index (χ1v) is 3.93. The summed E-state index contributed by atoms with van der Waals surface area (Å²) in [6.45, 7) is 2.05. The van der Waals surface area contributed by atoms with Crippen molar-refractivity contribution >= 4 is 5.78 Å². The zero-order valence-electron chi connectivity index (χ0n) is 6.54. The fraction of sp³-hybridized carbons (Fsp3) is 0.300. The summed E-state index contributed by atoms with van der Waals surface area (Å²) in [7, 11) is 0. The first-order valence-electron chi connectivity index (χ1n) is 3.93. The van der Waals surface area contributed by atoms with E-state index in [4.69, 9.17) is 0 Å². The van der Waals surface area contributed by atoms with Gasteiger partial charge in [-0.3, -0.25) is 4.79 Å². The van der Waals surface area contributed by atoms with Crippen LogP contribution in [0.15, 0.2) is 24.3 Å². The Hall–Kier alpha value is -1.11. The SMILES string of the molecule is CC1Cc2ccccc2C1=[OH+]. The van der Waals surface area contributed by atoms with Crippen LogP contribution in [0.5, 0.6) is 0 Å². The Balaban J connectivity index is 2.55. The summed E-state index contributed by atoms with van der Waals surface area (Å²) >= 11 is 0. The molecule has 0 aliphatic heterocycles. The van der Waals surface area contributed by atoms with E-state index in [1.54, 1.807) is 0 Å². The highest BCUT2D eigenvalue weighted by Crippen LogP contribution is 2.24. The van der Waals surface area contributed by atoms with E-state index in [0.29, 0.717) is 11.7 Å². The second-order valence-electron chi connectivity index (χ2n) is 3.15. The number of hydrogen-bond acceptors (Lipinski definition) is 0. The van der Waals surface area contributed by atoms with Crippen LogP contribution >= 0.6 is 0 Å². The molecule has 1 heteroatoms. The molecule has 1 aliphatic rings. The molecule has 1 atom stereocenters. The van der Waals surface area contributed by atoms with Gasteiger partial charge in [-0.1, -0.05) is 18.2 Å². The highest BCUT2D eigenvalue weighted by molar-refractivity contribution is 6.02. The lowest BCUT2D eigenvalue weighted by Crippen LogP contribution is -2.04. The maximum atomic E-state index is 9.57. The summed E-state index contributed by atoms with van der Waals surface area (Å²) < 4.78 is 0. The Morgan fingerprint density at radius 2 is 2.09 bits per heavy atom. The first kappa shape index (κ1) is 6.59. The predicted octanol–water partition coefficient (Wildman–Crippen LogP) is 1.77. The van der Waals surface area contributed by atoms with Crippen molar-refractivity contribution < 1.29 is 4.79 Å². The molecular formula is C10H11O+. The van der Waals surface area contributed by atoms with Crippen molar-refractivity contribution in [2.75, 3.05) is 0 Å². The molecule has 0 aromatic heterocycles. The van der Waals surface area contributed by atoms with E-state index >= 15 is 0 Å². The summed E-state index contributed by atoms with van der Waals surface area (Å²) in [5.41, 5.74) is 2.32. The Morgan fingerprint density at radius 1 is 1.36 bits per heavy atom. The summed E-state index contributed by atoms with van der Waals surface area (Å²) in [4.78, 5) is 9.57. The van der Waals surface area contributed by atoms with Crippen LogP contribution in [0, 0.1) is 5.92 Å². The van der Waals surface area contributed by atoms with E-state index in [-0.39, 0.29) is 0 Å². The van der Waals surface area contributed by atoms with Gasteiger partial charge in [-0.15, -0.1) is 0 Å². The fourth-order valence-electron chi connectivity index (χ4n) is 1.64. The number of hydrogen-bond donors (Lipinski definition) is 0. The molecule has 56 valence electrons. The zero-order valence-corrected chi connectivity index (χ0v) is 6.54. The molecule has 1 aromatic rings. The highest BCUT2D eigenvalue weighted by atomic mass is 16.1. The highest BCUT2D eigenvalue weighted by Gasteiger charge is 2.31. The van der Waals surface area contributed by atoms with Crippen molar-refractivity contribution in [3.8, 4) is 0 Å². The van der Waals surface area contributed by atoms with Crippen molar-refractivity contribution in [3.63, 3.8) is 0 Å². The lowest BCUT2D eigenvalue weighted by molar-refractivity contribution is 0.626. The van der Waals surface area contributed by atoms with Crippen LogP contribution in [-0.4, -0.2) is 10.6 Å². The second kappa shape index (κ2) is 2.19. The van der Waals surface area contributed by atoms with Gasteiger partial charge in [0.2, 0.25) is 0 Å². The smallest absolute Gasteiger partial charge is 0.278 e. The van der Waals surface area contributed by atoms with Crippen LogP contribution in [0.1, 0.15) is 18.1 Å². The van der Waals surface area contributed by atoms with Gasteiger partial charge in [0.05, 0.1) is 11.5 Å². The van der Waals surface area contributed by atoms with Crippen LogP contribution < -0.4 is 0 Å². The average molecular weight is 147 g/mol. The monoisotopic (exact) mass is 147 g/mol. The van der Waals surface area contributed by atoms with Crippen LogP contribution in [-0.2, 0) is 6.42 Å². The quantitative estimate of drug-likeness (QED) is 0.499. The standard InChI is InChI=1S/C10H10O/c1-7-6-8-4-2-3-5-9(8)10(7)11/h2-5,7H,6H2,1H3/p+1. The molecule has 0 fully saturated rings. The van der Waals surface area contributed by atoms with E-state index < -0.39 is 0 Å². The van der Waals surface area contributed by atoms with Crippen molar-refractivity contribution in [1.29, 1.82) is 0 Å². The van der Waals surface area contributed by atoms with Crippen LogP contribution in [0.25, 0.3) is 0 Å². The number of fused-ring (bicyclic) bond motifs is 1. The van der Waals surface area contributed by atoms with Crippen LogP contribution in [0.4, 0.5) is 0 Å². The number of benzene rings is 1. The van der Waals surface area contributed by atoms with Gasteiger partial charge in [0.1, 0.15) is 0 Å². The molecular weight excluding hydrogens is 136 g/mol. The van der Waals surface area contributed by atoms with E-state index in [1.807, 2.05) is 18.2 Å². The van der Waals surface area contributed by atoms with Crippen LogP contribution in [0.3, 0.4) is 0 Å². The zero-order chi connectivity index (χ0) is 7.84. The van der Waals surface area contributed by atoms with Gasteiger partial charge in [-0.05, 0) is 25.0 Å². The molecule has 0 saturated carbocycles. The maximum absolute atomic E-state index is 9.57. The fourth-order valence-corrected chi connectivity index (χ4v) is 1.64. The third-order valence-corrected chi connectivity index (χ3v) is 2.29. The molecule has 1 aliphatic carbocycles. The van der Waals surface area contributed by atoms with Crippen molar-refractivity contribution in [2.24, 2.45) is 5.92 Å². The normalized spacial score (nSPS) is 21.9. The van der Waals surface area contributed by atoms with Crippen molar-refractivity contribution in [1.82, 2.24) is 0 Å². The third-order valence-electron chi connectivity index (χ3n) is 2.29. The third kappa shape index (κ3) is 0.881. The molecule has 0 saturated heterocycles. The summed E-state index contributed by atoms with van der Waals surface area (Å²) in [6.07, 6.45) is 0.988.